The Morgan fingerprint density at radius 2 is 2.05 bits per heavy atom. The largest absolute Gasteiger partial charge is 0.481 e. The van der Waals surface area contributed by atoms with Crippen LogP contribution >= 0.6 is 11.8 Å². The van der Waals surface area contributed by atoms with Crippen LogP contribution in [-0.4, -0.2) is 34.3 Å². The van der Waals surface area contributed by atoms with E-state index in [0.29, 0.717) is 6.42 Å². The molecule has 1 amide bonds. The van der Waals surface area contributed by atoms with Crippen molar-refractivity contribution in [1.29, 1.82) is 0 Å². The van der Waals surface area contributed by atoms with Crippen molar-refractivity contribution in [2.75, 3.05) is 12.3 Å². The standard InChI is InChI=1S/C13H18N2O3S/c1-3-13(2,12(17)18)9-15-11(16)8-19-10-4-6-14-7-5-10/h4-7H,3,8-9H2,1-2H3,(H,15,16)(H,17,18). The number of thioether (sulfide) groups is 1. The Morgan fingerprint density at radius 1 is 1.42 bits per heavy atom. The molecule has 104 valence electrons. The fraction of sp³-hybridized carbons (Fsp3) is 0.462. The summed E-state index contributed by atoms with van der Waals surface area (Å²) in [6.45, 7) is 3.58. The number of amides is 1. The fourth-order valence-electron chi connectivity index (χ4n) is 1.28. The summed E-state index contributed by atoms with van der Waals surface area (Å²) in [5, 5.41) is 11.8. The quantitative estimate of drug-likeness (QED) is 0.745. The monoisotopic (exact) mass is 282 g/mol. The highest BCUT2D eigenvalue weighted by atomic mass is 32.2. The molecule has 0 radical (unpaired) electrons. The van der Waals surface area contributed by atoms with E-state index in [1.54, 1.807) is 26.2 Å². The summed E-state index contributed by atoms with van der Waals surface area (Å²) in [6.07, 6.45) is 3.80. The molecule has 1 unspecified atom stereocenters. The van der Waals surface area contributed by atoms with Crippen LogP contribution in [0, 0.1) is 5.41 Å². The molecule has 0 saturated carbocycles. The molecule has 19 heavy (non-hydrogen) atoms. The lowest BCUT2D eigenvalue weighted by Crippen LogP contribution is -2.41. The Kier molecular flexibility index (Phi) is 5.82. The number of carbonyl (C=O) groups is 2. The maximum absolute atomic E-state index is 11.7. The summed E-state index contributed by atoms with van der Waals surface area (Å²) >= 11 is 1.40. The molecule has 5 nitrogen and oxygen atoms in total. The van der Waals surface area contributed by atoms with Gasteiger partial charge in [-0.25, -0.2) is 0 Å². The summed E-state index contributed by atoms with van der Waals surface area (Å²) in [5.74, 6) is -0.788. The van der Waals surface area contributed by atoms with E-state index >= 15 is 0 Å². The smallest absolute Gasteiger partial charge is 0.311 e. The average Bonchev–Trinajstić information content (AvgIpc) is 2.43. The molecule has 0 aliphatic heterocycles. The molecule has 0 aliphatic rings. The number of nitrogens with one attached hydrogen (secondary N) is 1. The van der Waals surface area contributed by atoms with E-state index in [1.165, 1.54) is 11.8 Å². The highest BCUT2D eigenvalue weighted by Crippen LogP contribution is 2.20. The minimum atomic E-state index is -0.906. The molecule has 1 heterocycles. The topological polar surface area (TPSA) is 79.3 Å². The molecule has 0 aromatic carbocycles. The van der Waals surface area contributed by atoms with Crippen LogP contribution < -0.4 is 5.32 Å². The first-order valence-electron chi connectivity index (χ1n) is 6.01. The van der Waals surface area contributed by atoms with Gasteiger partial charge in [-0.1, -0.05) is 6.92 Å². The van der Waals surface area contributed by atoms with E-state index in [4.69, 9.17) is 5.11 Å². The summed E-state index contributed by atoms with van der Waals surface area (Å²) in [5.41, 5.74) is -0.906. The van der Waals surface area contributed by atoms with Gasteiger partial charge < -0.3 is 10.4 Å². The van der Waals surface area contributed by atoms with Crippen LogP contribution in [-0.2, 0) is 9.59 Å². The second-order valence-electron chi connectivity index (χ2n) is 4.47. The molecule has 1 atom stereocenters. The predicted octanol–water partition coefficient (Wildman–Crippen LogP) is 1.79. The van der Waals surface area contributed by atoms with Crippen molar-refractivity contribution in [3.05, 3.63) is 24.5 Å². The summed E-state index contributed by atoms with van der Waals surface area (Å²) in [7, 11) is 0. The Labute approximate surface area is 116 Å². The van der Waals surface area contributed by atoms with Crippen LogP contribution in [0.15, 0.2) is 29.4 Å². The zero-order valence-electron chi connectivity index (χ0n) is 11.0. The van der Waals surface area contributed by atoms with Crippen molar-refractivity contribution in [1.82, 2.24) is 10.3 Å². The Balaban J connectivity index is 2.38. The van der Waals surface area contributed by atoms with E-state index in [1.807, 2.05) is 12.1 Å². The Morgan fingerprint density at radius 3 is 2.58 bits per heavy atom. The van der Waals surface area contributed by atoms with Crippen molar-refractivity contribution in [2.24, 2.45) is 5.41 Å². The third kappa shape index (κ3) is 4.90. The first kappa shape index (κ1) is 15.5. The van der Waals surface area contributed by atoms with Crippen LogP contribution in [0.2, 0.25) is 0 Å². The summed E-state index contributed by atoms with van der Waals surface area (Å²) in [4.78, 5) is 27.6. The molecule has 0 saturated heterocycles. The molecule has 0 spiro atoms. The van der Waals surface area contributed by atoms with Crippen LogP contribution in [0.25, 0.3) is 0 Å². The van der Waals surface area contributed by atoms with Gasteiger partial charge in [-0.15, -0.1) is 11.8 Å². The number of hydrogen-bond donors (Lipinski definition) is 2. The molecule has 1 rings (SSSR count). The summed E-state index contributed by atoms with van der Waals surface area (Å²) < 4.78 is 0. The molecular formula is C13H18N2O3S. The van der Waals surface area contributed by atoms with E-state index in [9.17, 15) is 9.59 Å². The summed E-state index contributed by atoms with van der Waals surface area (Å²) in [6, 6.07) is 3.65. The van der Waals surface area contributed by atoms with Crippen LogP contribution in [0.4, 0.5) is 0 Å². The average molecular weight is 282 g/mol. The molecule has 0 aliphatic carbocycles. The maximum Gasteiger partial charge on any atom is 0.311 e. The number of hydrogen-bond acceptors (Lipinski definition) is 4. The first-order valence-corrected chi connectivity index (χ1v) is 6.99. The number of aliphatic carboxylic acids is 1. The Bertz CT molecular complexity index is 439. The molecular weight excluding hydrogens is 264 g/mol. The van der Waals surface area contributed by atoms with E-state index < -0.39 is 11.4 Å². The predicted molar refractivity (Wildman–Crippen MR) is 74.0 cm³/mol. The second kappa shape index (κ2) is 7.13. The number of rotatable bonds is 7. The van der Waals surface area contributed by atoms with Crippen molar-refractivity contribution in [2.45, 2.75) is 25.2 Å². The molecule has 0 fully saturated rings. The van der Waals surface area contributed by atoms with Crippen molar-refractivity contribution >= 4 is 23.6 Å². The van der Waals surface area contributed by atoms with Gasteiger partial charge >= 0.3 is 5.97 Å². The normalized spacial score (nSPS) is 13.6. The SMILES string of the molecule is CCC(C)(CNC(=O)CSc1ccncc1)C(=O)O. The van der Waals surface area contributed by atoms with Crippen molar-refractivity contribution < 1.29 is 14.7 Å². The number of pyridine rings is 1. The van der Waals surface area contributed by atoms with Crippen LogP contribution in [0.3, 0.4) is 0 Å². The Hall–Kier alpha value is -1.56. The highest BCUT2D eigenvalue weighted by Gasteiger charge is 2.31. The van der Waals surface area contributed by atoms with Crippen molar-refractivity contribution in [3.8, 4) is 0 Å². The highest BCUT2D eigenvalue weighted by molar-refractivity contribution is 8.00. The molecule has 1 aromatic rings. The van der Waals surface area contributed by atoms with E-state index in [-0.39, 0.29) is 18.2 Å². The number of aromatic nitrogens is 1. The van der Waals surface area contributed by atoms with Crippen LogP contribution in [0.1, 0.15) is 20.3 Å². The number of carboxylic acid groups (broad SMARTS) is 1. The number of carboxylic acids is 1. The lowest BCUT2D eigenvalue weighted by molar-refractivity contribution is -0.148. The van der Waals surface area contributed by atoms with Gasteiger partial charge in [0.05, 0.1) is 11.2 Å². The minimum Gasteiger partial charge on any atom is -0.481 e. The van der Waals surface area contributed by atoms with Gasteiger partial charge in [0.2, 0.25) is 5.91 Å². The van der Waals surface area contributed by atoms with E-state index in [2.05, 4.69) is 10.3 Å². The number of nitrogens with zero attached hydrogens (tertiary/aromatic N) is 1. The van der Waals surface area contributed by atoms with Gasteiger partial charge in [0.15, 0.2) is 0 Å². The molecule has 6 heteroatoms. The molecule has 2 N–H and O–H groups in total. The third-order valence-electron chi connectivity index (χ3n) is 2.99. The van der Waals surface area contributed by atoms with Gasteiger partial charge in [-0.2, -0.15) is 0 Å². The van der Waals surface area contributed by atoms with Gasteiger partial charge in [0.1, 0.15) is 0 Å². The van der Waals surface area contributed by atoms with E-state index in [0.717, 1.165) is 4.90 Å². The maximum atomic E-state index is 11.7. The first-order chi connectivity index (χ1) is 8.98. The lowest BCUT2D eigenvalue weighted by atomic mass is 9.88. The lowest BCUT2D eigenvalue weighted by Gasteiger charge is -2.23. The third-order valence-corrected chi connectivity index (χ3v) is 4.00. The molecule has 1 aromatic heterocycles. The number of carbonyl (C=O) groups excluding carboxylic acids is 1. The van der Waals surface area contributed by atoms with Crippen LogP contribution in [0.5, 0.6) is 0 Å². The fourth-order valence-corrected chi connectivity index (χ4v) is 1.99. The molecule has 0 bridgehead atoms. The van der Waals surface area contributed by atoms with Gasteiger partial charge in [0, 0.05) is 23.8 Å². The van der Waals surface area contributed by atoms with Gasteiger partial charge in [-0.3, -0.25) is 14.6 Å². The second-order valence-corrected chi connectivity index (χ2v) is 5.52. The zero-order valence-corrected chi connectivity index (χ0v) is 11.9. The minimum absolute atomic E-state index is 0.147. The van der Waals surface area contributed by atoms with Crippen molar-refractivity contribution in [3.63, 3.8) is 0 Å². The zero-order chi connectivity index (χ0) is 14.3. The van der Waals surface area contributed by atoms with Gasteiger partial charge in [0.25, 0.3) is 0 Å². The van der Waals surface area contributed by atoms with Gasteiger partial charge in [-0.05, 0) is 25.5 Å².